The second-order valence-corrected chi connectivity index (χ2v) is 6.22. The molecule has 1 aliphatic rings. The van der Waals surface area contributed by atoms with Crippen LogP contribution < -0.4 is 5.56 Å². The smallest absolute Gasteiger partial charge is 0.259 e. The van der Waals surface area contributed by atoms with Crippen LogP contribution in [0.15, 0.2) is 40.3 Å². The third kappa shape index (κ3) is 2.83. The number of rotatable bonds is 5. The summed E-state index contributed by atoms with van der Waals surface area (Å²) in [5.74, 6) is 0.758. The normalized spacial score (nSPS) is 16.7. The van der Waals surface area contributed by atoms with E-state index >= 15 is 0 Å². The number of ether oxygens (including phenoxy) is 1. The molecule has 0 saturated carbocycles. The summed E-state index contributed by atoms with van der Waals surface area (Å²) in [6.45, 7) is 4.56. The molecule has 1 aromatic carbocycles. The summed E-state index contributed by atoms with van der Waals surface area (Å²) in [6.07, 6.45) is 1.21. The number of nitrogens with zero attached hydrogens (tertiary/aromatic N) is 2. The molecule has 0 saturated heterocycles. The lowest BCUT2D eigenvalue weighted by Crippen LogP contribution is -2.30. The molecule has 0 N–H and O–H groups in total. The SMILES string of the molecule is CCOC1CSc2nc(Cc3ccccc3)c(CC)c(=O)n21. The molecular weight excluding hydrogens is 296 g/mol. The van der Waals surface area contributed by atoms with Crippen molar-refractivity contribution in [1.82, 2.24) is 9.55 Å². The molecule has 0 bridgehead atoms. The average molecular weight is 316 g/mol. The van der Waals surface area contributed by atoms with Gasteiger partial charge in [0.2, 0.25) is 0 Å². The lowest BCUT2D eigenvalue weighted by molar-refractivity contribution is 0.0233. The van der Waals surface area contributed by atoms with E-state index in [4.69, 9.17) is 9.72 Å². The first-order chi connectivity index (χ1) is 10.7. The van der Waals surface area contributed by atoms with Crippen molar-refractivity contribution in [2.75, 3.05) is 12.4 Å². The van der Waals surface area contributed by atoms with Gasteiger partial charge in [0.05, 0.1) is 5.69 Å². The molecule has 2 heterocycles. The van der Waals surface area contributed by atoms with Gasteiger partial charge in [-0.25, -0.2) is 4.98 Å². The molecule has 116 valence electrons. The Morgan fingerprint density at radius 3 is 2.77 bits per heavy atom. The van der Waals surface area contributed by atoms with Crippen LogP contribution in [0.4, 0.5) is 0 Å². The molecule has 0 amide bonds. The Hall–Kier alpha value is -1.59. The zero-order valence-electron chi connectivity index (χ0n) is 12.9. The van der Waals surface area contributed by atoms with E-state index in [-0.39, 0.29) is 11.8 Å². The summed E-state index contributed by atoms with van der Waals surface area (Å²) in [6, 6.07) is 10.2. The number of benzene rings is 1. The summed E-state index contributed by atoms with van der Waals surface area (Å²) >= 11 is 1.60. The van der Waals surface area contributed by atoms with E-state index in [9.17, 15) is 4.79 Å². The Kier molecular flexibility index (Phi) is 4.64. The molecule has 1 unspecified atom stereocenters. The van der Waals surface area contributed by atoms with Gasteiger partial charge in [0, 0.05) is 24.3 Å². The maximum Gasteiger partial charge on any atom is 0.259 e. The van der Waals surface area contributed by atoms with Crippen molar-refractivity contribution in [2.45, 2.75) is 38.1 Å². The van der Waals surface area contributed by atoms with Gasteiger partial charge in [-0.15, -0.1) is 0 Å². The second-order valence-electron chi connectivity index (χ2n) is 5.23. The molecule has 22 heavy (non-hydrogen) atoms. The van der Waals surface area contributed by atoms with Gasteiger partial charge in [-0.3, -0.25) is 9.36 Å². The van der Waals surface area contributed by atoms with Crippen molar-refractivity contribution in [1.29, 1.82) is 0 Å². The molecule has 1 aromatic heterocycles. The van der Waals surface area contributed by atoms with Crippen LogP contribution >= 0.6 is 11.8 Å². The predicted molar refractivity (Wildman–Crippen MR) is 88.5 cm³/mol. The van der Waals surface area contributed by atoms with Gasteiger partial charge in [0.1, 0.15) is 6.23 Å². The quantitative estimate of drug-likeness (QED) is 0.795. The summed E-state index contributed by atoms with van der Waals surface area (Å²) in [5, 5.41) is 0.784. The fourth-order valence-corrected chi connectivity index (χ4v) is 3.83. The molecule has 1 atom stereocenters. The van der Waals surface area contributed by atoms with Gasteiger partial charge in [-0.2, -0.15) is 0 Å². The van der Waals surface area contributed by atoms with Gasteiger partial charge < -0.3 is 4.74 Å². The third-order valence-electron chi connectivity index (χ3n) is 3.83. The van der Waals surface area contributed by atoms with E-state index in [0.29, 0.717) is 19.4 Å². The predicted octanol–water partition coefficient (Wildman–Crippen LogP) is 3.04. The molecule has 0 fully saturated rings. The summed E-state index contributed by atoms with van der Waals surface area (Å²) in [5.41, 5.74) is 2.94. The fourth-order valence-electron chi connectivity index (χ4n) is 2.77. The molecule has 2 aromatic rings. The van der Waals surface area contributed by atoms with E-state index in [1.54, 1.807) is 16.3 Å². The van der Waals surface area contributed by atoms with Crippen LogP contribution in [-0.2, 0) is 17.6 Å². The largest absolute Gasteiger partial charge is 0.357 e. The molecule has 0 aliphatic carbocycles. The Balaban J connectivity index is 2.03. The van der Waals surface area contributed by atoms with E-state index in [1.807, 2.05) is 32.0 Å². The highest BCUT2D eigenvalue weighted by Crippen LogP contribution is 2.31. The van der Waals surface area contributed by atoms with Crippen LogP contribution in [0.3, 0.4) is 0 Å². The molecule has 3 rings (SSSR count). The van der Waals surface area contributed by atoms with E-state index in [0.717, 1.165) is 22.2 Å². The summed E-state index contributed by atoms with van der Waals surface area (Å²) < 4.78 is 7.39. The summed E-state index contributed by atoms with van der Waals surface area (Å²) in [7, 11) is 0. The van der Waals surface area contributed by atoms with Gasteiger partial charge >= 0.3 is 0 Å². The number of thioether (sulfide) groups is 1. The topological polar surface area (TPSA) is 44.1 Å². The van der Waals surface area contributed by atoms with Crippen molar-refractivity contribution >= 4 is 11.8 Å². The molecule has 1 aliphatic heterocycles. The van der Waals surface area contributed by atoms with Crippen molar-refractivity contribution in [2.24, 2.45) is 0 Å². The highest BCUT2D eigenvalue weighted by atomic mass is 32.2. The highest BCUT2D eigenvalue weighted by Gasteiger charge is 2.28. The van der Waals surface area contributed by atoms with Gasteiger partial charge in [0.15, 0.2) is 5.16 Å². The van der Waals surface area contributed by atoms with Gasteiger partial charge in [-0.1, -0.05) is 49.0 Å². The zero-order valence-corrected chi connectivity index (χ0v) is 13.7. The van der Waals surface area contributed by atoms with Crippen LogP contribution in [0.5, 0.6) is 0 Å². The van der Waals surface area contributed by atoms with Crippen LogP contribution in [0, 0.1) is 0 Å². The Labute approximate surface area is 134 Å². The van der Waals surface area contributed by atoms with Crippen LogP contribution in [0.1, 0.15) is 36.9 Å². The van der Waals surface area contributed by atoms with Gasteiger partial charge in [-0.05, 0) is 18.9 Å². The first-order valence-electron chi connectivity index (χ1n) is 7.67. The number of hydrogen-bond donors (Lipinski definition) is 0. The maximum atomic E-state index is 12.8. The fraction of sp³-hybridized carbons (Fsp3) is 0.412. The van der Waals surface area contributed by atoms with Crippen LogP contribution in [0.2, 0.25) is 0 Å². The minimum Gasteiger partial charge on any atom is -0.357 e. The minimum absolute atomic E-state index is 0.0573. The summed E-state index contributed by atoms with van der Waals surface area (Å²) in [4.78, 5) is 17.6. The number of aromatic nitrogens is 2. The Morgan fingerprint density at radius 2 is 2.09 bits per heavy atom. The molecular formula is C17H20N2O2S. The molecule has 5 heteroatoms. The third-order valence-corrected chi connectivity index (χ3v) is 4.83. The molecule has 0 radical (unpaired) electrons. The molecule has 4 nitrogen and oxygen atoms in total. The first kappa shape index (κ1) is 15.3. The van der Waals surface area contributed by atoms with Crippen molar-refractivity contribution in [3.8, 4) is 0 Å². The maximum absolute atomic E-state index is 12.8. The van der Waals surface area contributed by atoms with Crippen LogP contribution in [0.25, 0.3) is 0 Å². The van der Waals surface area contributed by atoms with Crippen molar-refractivity contribution in [3.05, 3.63) is 57.5 Å². The number of hydrogen-bond acceptors (Lipinski definition) is 4. The van der Waals surface area contributed by atoms with E-state index < -0.39 is 0 Å². The lowest BCUT2D eigenvalue weighted by atomic mass is 10.0. The Morgan fingerprint density at radius 1 is 1.32 bits per heavy atom. The van der Waals surface area contributed by atoms with Gasteiger partial charge in [0.25, 0.3) is 5.56 Å². The monoisotopic (exact) mass is 316 g/mol. The van der Waals surface area contributed by atoms with Crippen LogP contribution in [-0.4, -0.2) is 21.9 Å². The second kappa shape index (κ2) is 6.67. The van der Waals surface area contributed by atoms with Crippen molar-refractivity contribution in [3.63, 3.8) is 0 Å². The minimum atomic E-state index is -0.180. The van der Waals surface area contributed by atoms with Crippen molar-refractivity contribution < 1.29 is 4.74 Å². The standard InChI is InChI=1S/C17H20N2O2S/c1-3-13-14(10-12-8-6-5-7-9-12)18-17-19(16(13)20)15(11-22-17)21-4-2/h5-9,15H,3-4,10-11H2,1-2H3. The average Bonchev–Trinajstić information content (AvgIpc) is 2.92. The number of fused-ring (bicyclic) bond motifs is 1. The first-order valence-corrected chi connectivity index (χ1v) is 8.65. The van der Waals surface area contributed by atoms with E-state index in [1.165, 1.54) is 5.56 Å². The Bertz CT molecular complexity index is 713. The zero-order chi connectivity index (χ0) is 15.5. The lowest BCUT2D eigenvalue weighted by Gasteiger charge is -2.16. The highest BCUT2D eigenvalue weighted by molar-refractivity contribution is 7.99. The van der Waals surface area contributed by atoms with E-state index in [2.05, 4.69) is 12.1 Å². The molecule has 0 spiro atoms.